The predicted molar refractivity (Wildman–Crippen MR) is 116 cm³/mol. The van der Waals surface area contributed by atoms with Gasteiger partial charge in [0.1, 0.15) is 5.75 Å². The molecule has 2 heterocycles. The Morgan fingerprint density at radius 2 is 1.77 bits per heavy atom. The lowest BCUT2D eigenvalue weighted by molar-refractivity contribution is -0.116. The van der Waals surface area contributed by atoms with Crippen molar-refractivity contribution in [1.29, 1.82) is 0 Å². The first kappa shape index (κ1) is 22.4. The lowest BCUT2D eigenvalue weighted by Gasteiger charge is -2.13. The maximum absolute atomic E-state index is 12.0. The van der Waals surface area contributed by atoms with Gasteiger partial charge in [-0.2, -0.15) is 9.40 Å². The van der Waals surface area contributed by atoms with Crippen molar-refractivity contribution >= 4 is 21.6 Å². The van der Waals surface area contributed by atoms with E-state index in [1.54, 1.807) is 41.1 Å². The molecule has 2 aromatic heterocycles. The SMILES string of the molecule is Cc1nn(-c2ccc(Oc3ccc(NC(=O)CN(C)S(C)(=O)=O)cc3)nn2)c(C)c1C. The highest BCUT2D eigenvalue weighted by atomic mass is 32.2. The Morgan fingerprint density at radius 1 is 1.10 bits per heavy atom. The Labute approximate surface area is 180 Å². The van der Waals surface area contributed by atoms with Gasteiger partial charge in [0.15, 0.2) is 5.82 Å². The third-order valence-electron chi connectivity index (χ3n) is 4.79. The highest BCUT2D eigenvalue weighted by molar-refractivity contribution is 7.88. The molecule has 1 aromatic carbocycles. The number of likely N-dealkylation sites (N-methyl/N-ethyl adjacent to an activating group) is 1. The van der Waals surface area contributed by atoms with E-state index in [1.807, 2.05) is 20.8 Å². The molecule has 0 aliphatic carbocycles. The van der Waals surface area contributed by atoms with Gasteiger partial charge in [-0.05, 0) is 56.7 Å². The van der Waals surface area contributed by atoms with Crippen LogP contribution in [0.3, 0.4) is 0 Å². The molecule has 3 rings (SSSR count). The molecular formula is C20H24N6O4S. The molecule has 1 amide bonds. The van der Waals surface area contributed by atoms with E-state index in [-0.39, 0.29) is 6.54 Å². The van der Waals surface area contributed by atoms with Crippen LogP contribution >= 0.6 is 0 Å². The van der Waals surface area contributed by atoms with Crippen LogP contribution in [0.25, 0.3) is 5.82 Å². The molecule has 31 heavy (non-hydrogen) atoms. The van der Waals surface area contributed by atoms with Crippen molar-refractivity contribution < 1.29 is 17.9 Å². The van der Waals surface area contributed by atoms with Crippen molar-refractivity contribution in [2.45, 2.75) is 20.8 Å². The molecule has 1 N–H and O–H groups in total. The van der Waals surface area contributed by atoms with Crippen molar-refractivity contribution in [2.24, 2.45) is 0 Å². The first-order valence-electron chi connectivity index (χ1n) is 9.40. The van der Waals surface area contributed by atoms with Crippen LogP contribution in [-0.2, 0) is 14.8 Å². The Kier molecular flexibility index (Phi) is 6.37. The van der Waals surface area contributed by atoms with Crippen molar-refractivity contribution in [3.05, 3.63) is 53.3 Å². The van der Waals surface area contributed by atoms with E-state index in [9.17, 15) is 13.2 Å². The number of aromatic nitrogens is 4. The molecule has 0 saturated carbocycles. The summed E-state index contributed by atoms with van der Waals surface area (Å²) in [6.45, 7) is 5.66. The maximum atomic E-state index is 12.0. The van der Waals surface area contributed by atoms with Crippen LogP contribution in [0.5, 0.6) is 11.6 Å². The summed E-state index contributed by atoms with van der Waals surface area (Å²) in [6, 6.07) is 10.1. The summed E-state index contributed by atoms with van der Waals surface area (Å²) in [4.78, 5) is 12.0. The summed E-state index contributed by atoms with van der Waals surface area (Å²) in [7, 11) is -2.08. The average Bonchev–Trinajstić information content (AvgIpc) is 2.96. The van der Waals surface area contributed by atoms with E-state index >= 15 is 0 Å². The van der Waals surface area contributed by atoms with Crippen LogP contribution < -0.4 is 10.1 Å². The number of carbonyl (C=O) groups is 1. The number of nitrogens with zero attached hydrogens (tertiary/aromatic N) is 5. The highest BCUT2D eigenvalue weighted by Crippen LogP contribution is 2.22. The van der Waals surface area contributed by atoms with Crippen LogP contribution in [0.2, 0.25) is 0 Å². The molecule has 3 aromatic rings. The number of sulfonamides is 1. The molecule has 0 spiro atoms. The summed E-state index contributed by atoms with van der Waals surface area (Å²) in [5, 5.41) is 15.4. The molecule has 0 bridgehead atoms. The minimum absolute atomic E-state index is 0.270. The van der Waals surface area contributed by atoms with Crippen molar-refractivity contribution in [2.75, 3.05) is 25.2 Å². The van der Waals surface area contributed by atoms with E-state index in [2.05, 4.69) is 20.6 Å². The molecular weight excluding hydrogens is 420 g/mol. The molecule has 10 nitrogen and oxygen atoms in total. The Balaban J connectivity index is 1.62. The first-order chi connectivity index (χ1) is 14.5. The van der Waals surface area contributed by atoms with Crippen LogP contribution in [0.4, 0.5) is 5.69 Å². The van der Waals surface area contributed by atoms with Crippen LogP contribution in [-0.4, -0.2) is 58.5 Å². The summed E-state index contributed by atoms with van der Waals surface area (Å²) in [5.74, 6) is 0.976. The first-order valence-corrected chi connectivity index (χ1v) is 11.3. The molecule has 0 atom stereocenters. The highest BCUT2D eigenvalue weighted by Gasteiger charge is 2.15. The van der Waals surface area contributed by atoms with Crippen LogP contribution in [0.1, 0.15) is 17.0 Å². The van der Waals surface area contributed by atoms with Crippen molar-refractivity contribution in [3.8, 4) is 17.4 Å². The zero-order valence-electron chi connectivity index (χ0n) is 17.9. The van der Waals surface area contributed by atoms with Crippen molar-refractivity contribution in [1.82, 2.24) is 24.3 Å². The number of anilines is 1. The molecule has 0 unspecified atom stereocenters. The van der Waals surface area contributed by atoms with E-state index in [4.69, 9.17) is 4.74 Å². The molecule has 0 aliphatic rings. The zero-order valence-corrected chi connectivity index (χ0v) is 18.8. The van der Waals surface area contributed by atoms with Gasteiger partial charge in [-0.25, -0.2) is 13.1 Å². The predicted octanol–water partition coefficient (Wildman–Crippen LogP) is 2.21. The minimum atomic E-state index is -3.42. The largest absolute Gasteiger partial charge is 0.438 e. The molecule has 0 saturated heterocycles. The second-order valence-electron chi connectivity index (χ2n) is 7.13. The minimum Gasteiger partial charge on any atom is -0.438 e. The van der Waals surface area contributed by atoms with Gasteiger partial charge >= 0.3 is 0 Å². The van der Waals surface area contributed by atoms with Gasteiger partial charge in [-0.1, -0.05) is 0 Å². The van der Waals surface area contributed by atoms with E-state index in [0.29, 0.717) is 23.1 Å². The fraction of sp³-hybridized carbons (Fsp3) is 0.300. The Morgan fingerprint density at radius 3 is 2.29 bits per heavy atom. The average molecular weight is 445 g/mol. The number of benzene rings is 1. The van der Waals surface area contributed by atoms with Gasteiger partial charge in [0.05, 0.1) is 18.5 Å². The van der Waals surface area contributed by atoms with E-state index in [1.165, 1.54) is 7.05 Å². The van der Waals surface area contributed by atoms with Gasteiger partial charge in [0.2, 0.25) is 21.8 Å². The monoisotopic (exact) mass is 444 g/mol. The smallest absolute Gasteiger partial charge is 0.239 e. The summed E-state index contributed by atoms with van der Waals surface area (Å²) in [6.07, 6.45) is 1.04. The molecule has 11 heteroatoms. The quantitative estimate of drug-likeness (QED) is 0.593. The Bertz CT molecular complexity index is 1190. The number of ether oxygens (including phenoxy) is 1. The number of hydrogen-bond donors (Lipinski definition) is 1. The molecule has 164 valence electrons. The van der Waals surface area contributed by atoms with E-state index in [0.717, 1.165) is 27.5 Å². The van der Waals surface area contributed by atoms with Gasteiger partial charge in [-0.15, -0.1) is 10.2 Å². The van der Waals surface area contributed by atoms with Gasteiger partial charge in [-0.3, -0.25) is 4.79 Å². The summed E-state index contributed by atoms with van der Waals surface area (Å²) >= 11 is 0. The third kappa shape index (κ3) is 5.44. The standard InChI is InChI=1S/C20H24N6O4S/c1-13-14(2)24-26(15(13)3)18-10-11-20(23-22-18)30-17-8-6-16(7-9-17)21-19(27)12-25(4)31(5,28)29/h6-11H,12H2,1-5H3,(H,21,27). The van der Waals surface area contributed by atoms with Crippen molar-refractivity contribution in [3.63, 3.8) is 0 Å². The normalized spacial score (nSPS) is 11.5. The summed E-state index contributed by atoms with van der Waals surface area (Å²) in [5.41, 5.74) is 3.56. The Hall–Kier alpha value is -3.31. The van der Waals surface area contributed by atoms with E-state index < -0.39 is 15.9 Å². The van der Waals surface area contributed by atoms with Gasteiger partial charge < -0.3 is 10.1 Å². The topological polar surface area (TPSA) is 119 Å². The molecule has 0 radical (unpaired) electrons. The maximum Gasteiger partial charge on any atom is 0.239 e. The van der Waals surface area contributed by atoms with Gasteiger partial charge in [0, 0.05) is 24.5 Å². The van der Waals surface area contributed by atoms with Gasteiger partial charge in [0.25, 0.3) is 0 Å². The number of amides is 1. The molecule has 0 fully saturated rings. The number of hydrogen-bond acceptors (Lipinski definition) is 7. The van der Waals surface area contributed by atoms with Crippen LogP contribution in [0.15, 0.2) is 36.4 Å². The fourth-order valence-corrected chi connectivity index (χ4v) is 3.02. The number of rotatable bonds is 7. The number of aryl methyl sites for hydroxylation is 1. The zero-order chi connectivity index (χ0) is 22.8. The lowest BCUT2D eigenvalue weighted by Crippen LogP contribution is -2.34. The lowest BCUT2D eigenvalue weighted by atomic mass is 10.2. The summed E-state index contributed by atoms with van der Waals surface area (Å²) < 4.78 is 31.2. The number of nitrogens with one attached hydrogen (secondary N) is 1. The second-order valence-corrected chi connectivity index (χ2v) is 9.22. The fourth-order valence-electron chi connectivity index (χ4n) is 2.67. The second kappa shape index (κ2) is 8.82. The third-order valence-corrected chi connectivity index (χ3v) is 6.05. The molecule has 0 aliphatic heterocycles. The number of carbonyl (C=O) groups excluding carboxylic acids is 1. The van der Waals surface area contributed by atoms with Crippen LogP contribution in [0, 0.1) is 20.8 Å².